The minimum atomic E-state index is -0.125. The molecule has 0 N–H and O–H groups in total. The molecule has 0 atom stereocenters. The lowest BCUT2D eigenvalue weighted by molar-refractivity contribution is 0.251. The third kappa shape index (κ3) is 1.45. The van der Waals surface area contributed by atoms with E-state index in [1.54, 1.807) is 4.90 Å². The number of para-hydroxylation sites is 2. The average molecular weight is 189 g/mol. The van der Waals surface area contributed by atoms with Crippen LogP contribution in [0.2, 0.25) is 0 Å². The Labute approximate surface area is 83.7 Å². The molecule has 0 saturated carbocycles. The highest BCUT2D eigenvalue weighted by molar-refractivity contribution is 6.04. The molecule has 2 rings (SSSR count). The molecule has 1 aromatic carbocycles. The van der Waals surface area contributed by atoms with Gasteiger partial charge in [0.05, 0.1) is 11.4 Å². The molecule has 1 aliphatic rings. The summed E-state index contributed by atoms with van der Waals surface area (Å²) in [5.74, 6) is 0. The molecule has 73 valence electrons. The molecule has 1 radical (unpaired) electrons. The number of nitrogens with zero attached hydrogens (tertiary/aromatic N) is 2. The van der Waals surface area contributed by atoms with Crippen molar-refractivity contribution < 1.29 is 4.79 Å². The number of amides is 2. The van der Waals surface area contributed by atoms with Crippen molar-refractivity contribution in [1.29, 1.82) is 0 Å². The zero-order valence-electron chi connectivity index (χ0n) is 8.23. The van der Waals surface area contributed by atoms with Crippen LogP contribution in [0, 0.1) is 0 Å². The number of anilines is 1. The van der Waals surface area contributed by atoms with Crippen LogP contribution in [0.15, 0.2) is 24.3 Å². The van der Waals surface area contributed by atoms with E-state index in [-0.39, 0.29) is 6.03 Å². The summed E-state index contributed by atoms with van der Waals surface area (Å²) in [5, 5.41) is 3.97. The number of hydrogen-bond donors (Lipinski definition) is 0. The van der Waals surface area contributed by atoms with E-state index in [4.69, 9.17) is 0 Å². The van der Waals surface area contributed by atoms with Crippen LogP contribution >= 0.6 is 0 Å². The Morgan fingerprint density at radius 1 is 1.36 bits per heavy atom. The lowest BCUT2D eigenvalue weighted by atomic mass is 10.2. The predicted octanol–water partition coefficient (Wildman–Crippen LogP) is 2.66. The summed E-state index contributed by atoms with van der Waals surface area (Å²) >= 11 is 0. The first-order chi connectivity index (χ1) is 6.83. The second-order valence-corrected chi connectivity index (χ2v) is 3.39. The lowest BCUT2D eigenvalue weighted by Gasteiger charge is -2.13. The van der Waals surface area contributed by atoms with E-state index in [1.165, 1.54) is 0 Å². The van der Waals surface area contributed by atoms with Gasteiger partial charge in [0.2, 0.25) is 0 Å². The van der Waals surface area contributed by atoms with E-state index in [0.717, 1.165) is 30.8 Å². The first-order valence-corrected chi connectivity index (χ1v) is 4.95. The standard InChI is InChI=1S/C11H13N2O/c1-2-3-8-13-10-7-5-4-6-9(10)12-11(13)14/h4-7H,2-3,8H2,1H3. The molecule has 1 aromatic rings. The molecule has 0 aliphatic carbocycles. The van der Waals surface area contributed by atoms with Gasteiger partial charge in [0.15, 0.2) is 0 Å². The normalized spacial score (nSPS) is 14.1. The smallest absolute Gasteiger partial charge is 0.290 e. The van der Waals surface area contributed by atoms with Gasteiger partial charge in [-0.3, -0.25) is 4.90 Å². The van der Waals surface area contributed by atoms with Crippen molar-refractivity contribution in [3.05, 3.63) is 24.3 Å². The van der Waals surface area contributed by atoms with Crippen molar-refractivity contribution in [2.75, 3.05) is 11.4 Å². The van der Waals surface area contributed by atoms with Crippen molar-refractivity contribution in [2.24, 2.45) is 0 Å². The minimum absolute atomic E-state index is 0.125. The molecule has 14 heavy (non-hydrogen) atoms. The monoisotopic (exact) mass is 189 g/mol. The Kier molecular flexibility index (Phi) is 2.39. The molecule has 0 spiro atoms. The van der Waals surface area contributed by atoms with Gasteiger partial charge in [0.25, 0.3) is 0 Å². The Hall–Kier alpha value is -1.51. The first-order valence-electron chi connectivity index (χ1n) is 4.95. The largest absolute Gasteiger partial charge is 0.348 e. The number of unbranched alkanes of at least 4 members (excludes halogenated alkanes) is 1. The van der Waals surface area contributed by atoms with Gasteiger partial charge in [0.1, 0.15) is 0 Å². The topological polar surface area (TPSA) is 34.4 Å². The Balaban J connectivity index is 2.21. The highest BCUT2D eigenvalue weighted by Crippen LogP contribution is 2.31. The molecular formula is C11H13N2O. The summed E-state index contributed by atoms with van der Waals surface area (Å²) in [6.07, 6.45) is 2.11. The van der Waals surface area contributed by atoms with Crippen LogP contribution in [0.3, 0.4) is 0 Å². The van der Waals surface area contributed by atoms with Crippen LogP contribution in [-0.4, -0.2) is 12.6 Å². The fraction of sp³-hybridized carbons (Fsp3) is 0.364. The number of rotatable bonds is 3. The van der Waals surface area contributed by atoms with E-state index in [1.807, 2.05) is 24.3 Å². The number of carbonyl (C=O) groups excluding carboxylic acids is 1. The van der Waals surface area contributed by atoms with Gasteiger partial charge >= 0.3 is 6.03 Å². The zero-order chi connectivity index (χ0) is 9.97. The van der Waals surface area contributed by atoms with Gasteiger partial charge in [-0.1, -0.05) is 25.5 Å². The molecule has 0 aromatic heterocycles. The van der Waals surface area contributed by atoms with Crippen molar-refractivity contribution in [3.8, 4) is 0 Å². The minimum Gasteiger partial charge on any atom is -0.290 e. The Morgan fingerprint density at radius 3 is 2.93 bits per heavy atom. The fourth-order valence-corrected chi connectivity index (χ4v) is 1.59. The molecule has 1 heterocycles. The predicted molar refractivity (Wildman–Crippen MR) is 55.9 cm³/mol. The molecular weight excluding hydrogens is 176 g/mol. The highest BCUT2D eigenvalue weighted by atomic mass is 16.2. The van der Waals surface area contributed by atoms with Crippen LogP contribution in [-0.2, 0) is 0 Å². The summed E-state index contributed by atoms with van der Waals surface area (Å²) < 4.78 is 0. The zero-order valence-corrected chi connectivity index (χ0v) is 8.23. The molecule has 3 nitrogen and oxygen atoms in total. The van der Waals surface area contributed by atoms with Gasteiger partial charge in [-0.2, -0.15) is 5.32 Å². The molecule has 0 saturated heterocycles. The van der Waals surface area contributed by atoms with E-state index < -0.39 is 0 Å². The van der Waals surface area contributed by atoms with Crippen molar-refractivity contribution in [1.82, 2.24) is 5.32 Å². The number of carbonyl (C=O) groups is 1. The number of hydrogen-bond acceptors (Lipinski definition) is 1. The molecule has 0 bridgehead atoms. The quantitative estimate of drug-likeness (QED) is 0.719. The molecule has 2 amide bonds. The van der Waals surface area contributed by atoms with E-state index in [9.17, 15) is 4.79 Å². The van der Waals surface area contributed by atoms with Crippen molar-refractivity contribution in [3.63, 3.8) is 0 Å². The third-order valence-corrected chi connectivity index (χ3v) is 2.35. The number of fused-ring (bicyclic) bond motifs is 1. The van der Waals surface area contributed by atoms with Crippen LogP contribution in [0.1, 0.15) is 19.8 Å². The Bertz CT molecular complexity index is 349. The first kappa shape index (κ1) is 9.06. The van der Waals surface area contributed by atoms with Crippen LogP contribution in [0.4, 0.5) is 16.2 Å². The molecule has 1 aliphatic heterocycles. The Morgan fingerprint density at radius 2 is 2.14 bits per heavy atom. The molecule has 3 heteroatoms. The maximum atomic E-state index is 11.5. The lowest BCUT2D eigenvalue weighted by Crippen LogP contribution is -2.29. The van der Waals surface area contributed by atoms with Gasteiger partial charge in [-0.25, -0.2) is 4.79 Å². The highest BCUT2D eigenvalue weighted by Gasteiger charge is 2.27. The van der Waals surface area contributed by atoms with Gasteiger partial charge in [-0.15, -0.1) is 0 Å². The maximum Gasteiger partial charge on any atom is 0.348 e. The molecule has 0 fully saturated rings. The summed E-state index contributed by atoms with van der Waals surface area (Å²) in [4.78, 5) is 13.2. The molecule has 0 unspecified atom stereocenters. The fourth-order valence-electron chi connectivity index (χ4n) is 1.59. The van der Waals surface area contributed by atoms with Gasteiger partial charge < -0.3 is 0 Å². The maximum absolute atomic E-state index is 11.5. The number of benzene rings is 1. The van der Waals surface area contributed by atoms with Crippen molar-refractivity contribution in [2.45, 2.75) is 19.8 Å². The van der Waals surface area contributed by atoms with E-state index >= 15 is 0 Å². The summed E-state index contributed by atoms with van der Waals surface area (Å²) in [7, 11) is 0. The summed E-state index contributed by atoms with van der Waals surface area (Å²) in [5.41, 5.74) is 1.75. The van der Waals surface area contributed by atoms with Crippen LogP contribution in [0.25, 0.3) is 0 Å². The second-order valence-electron chi connectivity index (χ2n) is 3.39. The SMILES string of the molecule is CCCCN1C(=O)[N]c2ccccc21. The van der Waals surface area contributed by atoms with Crippen LogP contribution in [0.5, 0.6) is 0 Å². The third-order valence-electron chi connectivity index (χ3n) is 2.35. The van der Waals surface area contributed by atoms with Crippen molar-refractivity contribution >= 4 is 17.4 Å². The van der Waals surface area contributed by atoms with Crippen LogP contribution < -0.4 is 10.2 Å². The van der Waals surface area contributed by atoms with Gasteiger partial charge in [0, 0.05) is 6.54 Å². The van der Waals surface area contributed by atoms with E-state index in [0.29, 0.717) is 0 Å². The van der Waals surface area contributed by atoms with E-state index in [2.05, 4.69) is 12.2 Å². The summed E-state index contributed by atoms with van der Waals surface area (Å²) in [6, 6.07) is 7.53. The summed E-state index contributed by atoms with van der Waals surface area (Å²) in [6.45, 7) is 2.89. The second kappa shape index (κ2) is 3.70. The van der Waals surface area contributed by atoms with Gasteiger partial charge in [-0.05, 0) is 18.6 Å². The number of urea groups is 1. The average Bonchev–Trinajstić information content (AvgIpc) is 2.51.